The highest BCUT2D eigenvalue weighted by molar-refractivity contribution is 6.06. The van der Waals surface area contributed by atoms with Crippen molar-refractivity contribution >= 4 is 17.3 Å². The highest BCUT2D eigenvalue weighted by Gasteiger charge is 2.32. The van der Waals surface area contributed by atoms with E-state index < -0.39 is 0 Å². The lowest BCUT2D eigenvalue weighted by Crippen LogP contribution is -2.42. The second-order valence-electron chi connectivity index (χ2n) is 7.82. The molecule has 3 nitrogen and oxygen atoms in total. The van der Waals surface area contributed by atoms with Crippen molar-refractivity contribution < 1.29 is 4.79 Å². The molecule has 26 heavy (non-hydrogen) atoms. The van der Waals surface area contributed by atoms with Gasteiger partial charge in [-0.05, 0) is 83.2 Å². The van der Waals surface area contributed by atoms with E-state index >= 15 is 0 Å². The maximum Gasteiger partial charge on any atom is 0.248 e. The number of aryl methyl sites for hydroxylation is 6. The fraction of sp³-hybridized carbons (Fsp3) is 0.435. The summed E-state index contributed by atoms with van der Waals surface area (Å²) in [6.45, 7) is 13.6. The molecule has 1 aliphatic heterocycles. The molecule has 1 N–H and O–H groups in total. The van der Waals surface area contributed by atoms with Crippen molar-refractivity contribution in [2.45, 2.75) is 60.4 Å². The number of benzene rings is 2. The molecule has 0 saturated carbocycles. The second kappa shape index (κ2) is 7.24. The van der Waals surface area contributed by atoms with Crippen LogP contribution in [0.3, 0.4) is 0 Å². The van der Waals surface area contributed by atoms with Crippen LogP contribution in [0, 0.1) is 41.5 Å². The summed E-state index contributed by atoms with van der Waals surface area (Å²) in [4.78, 5) is 15.6. The van der Waals surface area contributed by atoms with Crippen molar-refractivity contribution in [2.75, 3.05) is 11.4 Å². The van der Waals surface area contributed by atoms with Gasteiger partial charge >= 0.3 is 0 Å². The summed E-state index contributed by atoms with van der Waals surface area (Å²) in [6, 6.07) is 8.58. The topological polar surface area (TPSA) is 32.3 Å². The first-order valence-electron chi connectivity index (χ1n) is 9.52. The van der Waals surface area contributed by atoms with E-state index in [1.54, 1.807) is 0 Å². The van der Waals surface area contributed by atoms with E-state index in [0.717, 1.165) is 53.0 Å². The third kappa shape index (κ3) is 3.41. The molecule has 1 aliphatic rings. The Hall–Kier alpha value is -2.13. The summed E-state index contributed by atoms with van der Waals surface area (Å²) in [7, 11) is 0. The molecule has 0 radical (unpaired) electrons. The Balaban J connectivity index is 2.23. The number of amides is 1. The van der Waals surface area contributed by atoms with Gasteiger partial charge < -0.3 is 5.32 Å². The number of hydrogen-bond acceptors (Lipinski definition) is 2. The molecule has 1 atom stereocenters. The number of anilines is 2. The van der Waals surface area contributed by atoms with E-state index in [1.165, 1.54) is 11.1 Å². The molecular formula is C23H30N2O. The van der Waals surface area contributed by atoms with Gasteiger partial charge in [-0.3, -0.25) is 9.69 Å². The minimum absolute atomic E-state index is 0.102. The molecule has 2 aromatic carbocycles. The Morgan fingerprint density at radius 2 is 1.27 bits per heavy atom. The maximum atomic E-state index is 13.6. The normalized spacial score (nSPS) is 16.8. The average Bonchev–Trinajstić information content (AvgIpc) is 3.05. The third-order valence-electron chi connectivity index (χ3n) is 5.30. The van der Waals surface area contributed by atoms with Crippen molar-refractivity contribution in [2.24, 2.45) is 0 Å². The molecule has 1 unspecified atom stereocenters. The van der Waals surface area contributed by atoms with Gasteiger partial charge in [0.25, 0.3) is 0 Å². The molecule has 0 aliphatic carbocycles. The molecule has 1 saturated heterocycles. The zero-order valence-corrected chi connectivity index (χ0v) is 16.9. The van der Waals surface area contributed by atoms with E-state index in [9.17, 15) is 4.79 Å². The lowest BCUT2D eigenvalue weighted by atomic mass is 9.98. The first kappa shape index (κ1) is 18.7. The maximum absolute atomic E-state index is 13.6. The highest BCUT2D eigenvalue weighted by Crippen LogP contribution is 2.38. The number of carbonyl (C=O) groups is 1. The van der Waals surface area contributed by atoms with Crippen LogP contribution in [0.5, 0.6) is 0 Å². The number of nitrogens with zero attached hydrogens (tertiary/aromatic N) is 1. The second-order valence-corrected chi connectivity index (χ2v) is 7.82. The molecule has 0 bridgehead atoms. The van der Waals surface area contributed by atoms with Gasteiger partial charge in [-0.2, -0.15) is 0 Å². The Bertz CT molecular complexity index is 744. The number of rotatable bonds is 3. The van der Waals surface area contributed by atoms with Crippen LogP contribution in [0.15, 0.2) is 24.3 Å². The fourth-order valence-electron chi connectivity index (χ4n) is 4.43. The lowest BCUT2D eigenvalue weighted by Gasteiger charge is -2.32. The van der Waals surface area contributed by atoms with Crippen LogP contribution >= 0.6 is 0 Å². The predicted molar refractivity (Wildman–Crippen MR) is 109 cm³/mol. The summed E-state index contributed by atoms with van der Waals surface area (Å²) in [5.41, 5.74) is 9.11. The molecule has 138 valence electrons. The quantitative estimate of drug-likeness (QED) is 0.849. The van der Waals surface area contributed by atoms with Crippen LogP contribution < -0.4 is 10.2 Å². The van der Waals surface area contributed by atoms with Gasteiger partial charge in [0.05, 0.1) is 17.4 Å². The standard InChI is InChI=1S/C23H30N2O/c1-14-10-16(3)21(17(4)11-14)25(23(26)20-8-7-9-24-20)22-18(5)12-15(2)13-19(22)6/h10-13,20,24H,7-9H2,1-6H3. The number of hydrogen-bond donors (Lipinski definition) is 1. The zero-order valence-electron chi connectivity index (χ0n) is 16.9. The van der Waals surface area contributed by atoms with Crippen molar-refractivity contribution in [3.8, 4) is 0 Å². The van der Waals surface area contributed by atoms with Crippen LogP contribution in [0.4, 0.5) is 11.4 Å². The minimum Gasteiger partial charge on any atom is -0.306 e. The summed E-state index contributed by atoms with van der Waals surface area (Å²) in [5.74, 6) is 0.160. The summed E-state index contributed by atoms with van der Waals surface area (Å²) in [5, 5.41) is 3.39. The summed E-state index contributed by atoms with van der Waals surface area (Å²) in [6.07, 6.45) is 1.96. The molecular weight excluding hydrogens is 320 g/mol. The smallest absolute Gasteiger partial charge is 0.248 e. The van der Waals surface area contributed by atoms with Gasteiger partial charge in [-0.1, -0.05) is 35.4 Å². The minimum atomic E-state index is -0.102. The molecule has 3 rings (SSSR count). The fourth-order valence-corrected chi connectivity index (χ4v) is 4.43. The largest absolute Gasteiger partial charge is 0.306 e. The zero-order chi connectivity index (χ0) is 19.0. The third-order valence-corrected chi connectivity index (χ3v) is 5.30. The van der Waals surface area contributed by atoms with E-state index in [4.69, 9.17) is 0 Å². The average molecular weight is 351 g/mol. The van der Waals surface area contributed by atoms with Crippen molar-refractivity contribution in [1.82, 2.24) is 5.32 Å². The Kier molecular flexibility index (Phi) is 5.19. The molecule has 1 fully saturated rings. The predicted octanol–water partition coefficient (Wildman–Crippen LogP) is 4.95. The summed E-state index contributed by atoms with van der Waals surface area (Å²) >= 11 is 0. The molecule has 2 aromatic rings. The molecule has 1 amide bonds. The van der Waals surface area contributed by atoms with E-state index in [-0.39, 0.29) is 11.9 Å². The lowest BCUT2D eigenvalue weighted by molar-refractivity contribution is -0.119. The highest BCUT2D eigenvalue weighted by atomic mass is 16.2. The van der Waals surface area contributed by atoms with Crippen LogP contribution in [0.1, 0.15) is 46.2 Å². The molecule has 3 heteroatoms. The van der Waals surface area contributed by atoms with Gasteiger partial charge in [0.2, 0.25) is 5.91 Å². The Morgan fingerprint density at radius 3 is 1.62 bits per heavy atom. The van der Waals surface area contributed by atoms with Crippen LogP contribution in [-0.4, -0.2) is 18.5 Å². The Labute approximate surface area is 157 Å². The molecule has 1 heterocycles. The van der Waals surface area contributed by atoms with Crippen molar-refractivity contribution in [3.63, 3.8) is 0 Å². The van der Waals surface area contributed by atoms with Gasteiger partial charge in [-0.25, -0.2) is 0 Å². The summed E-state index contributed by atoms with van der Waals surface area (Å²) < 4.78 is 0. The molecule has 0 aromatic heterocycles. The first-order chi connectivity index (χ1) is 12.3. The molecule has 0 spiro atoms. The van der Waals surface area contributed by atoms with E-state index in [0.29, 0.717) is 0 Å². The van der Waals surface area contributed by atoms with Gasteiger partial charge in [-0.15, -0.1) is 0 Å². The first-order valence-corrected chi connectivity index (χ1v) is 9.52. The monoisotopic (exact) mass is 350 g/mol. The van der Waals surface area contributed by atoms with Crippen molar-refractivity contribution in [3.05, 3.63) is 57.6 Å². The van der Waals surface area contributed by atoms with Gasteiger partial charge in [0.1, 0.15) is 0 Å². The van der Waals surface area contributed by atoms with Crippen LogP contribution in [0.2, 0.25) is 0 Å². The van der Waals surface area contributed by atoms with E-state index in [2.05, 4.69) is 71.1 Å². The van der Waals surface area contributed by atoms with E-state index in [1.807, 2.05) is 4.90 Å². The van der Waals surface area contributed by atoms with Gasteiger partial charge in [0, 0.05) is 0 Å². The van der Waals surface area contributed by atoms with Crippen LogP contribution in [-0.2, 0) is 4.79 Å². The van der Waals surface area contributed by atoms with Crippen molar-refractivity contribution in [1.29, 1.82) is 0 Å². The van der Waals surface area contributed by atoms with Crippen LogP contribution in [0.25, 0.3) is 0 Å². The Morgan fingerprint density at radius 1 is 0.846 bits per heavy atom. The van der Waals surface area contributed by atoms with Gasteiger partial charge in [0.15, 0.2) is 0 Å². The number of nitrogens with one attached hydrogen (secondary N) is 1. The SMILES string of the molecule is Cc1cc(C)c(N(C(=O)C2CCCN2)c2c(C)cc(C)cc2C)c(C)c1. The number of carbonyl (C=O) groups excluding carboxylic acids is 1.